The highest BCUT2D eigenvalue weighted by atomic mass is 16.2. The van der Waals surface area contributed by atoms with Crippen LogP contribution in [0.3, 0.4) is 0 Å². The van der Waals surface area contributed by atoms with E-state index in [-0.39, 0.29) is 11.3 Å². The van der Waals surface area contributed by atoms with Gasteiger partial charge in [-0.25, -0.2) is 0 Å². The van der Waals surface area contributed by atoms with Crippen molar-refractivity contribution in [2.24, 2.45) is 0 Å². The number of pyridine rings is 1. The second kappa shape index (κ2) is 7.84. The predicted molar refractivity (Wildman–Crippen MR) is 116 cm³/mol. The molecular formula is C24H27N3O2. The van der Waals surface area contributed by atoms with E-state index in [0.29, 0.717) is 19.6 Å². The zero-order valence-corrected chi connectivity index (χ0v) is 17.3. The Morgan fingerprint density at radius 3 is 2.62 bits per heavy atom. The zero-order chi connectivity index (χ0) is 20.5. The number of rotatable bonds is 4. The van der Waals surface area contributed by atoms with Gasteiger partial charge < -0.3 is 10.3 Å². The van der Waals surface area contributed by atoms with Crippen LogP contribution in [0.5, 0.6) is 0 Å². The standard InChI is InChI=1S/C24H27N3O2/c1-15-4-7-18(8-5-15)12-25-22(28)14-27-11-10-21-20(13-27)24(29)19-9-6-16(2)17(3)23(19)26-21/h4-9H,10-14H2,1-3H3,(H,25,28)(H,26,29). The van der Waals surface area contributed by atoms with Gasteiger partial charge in [-0.1, -0.05) is 35.9 Å². The molecule has 150 valence electrons. The fraction of sp³-hybridized carbons (Fsp3) is 0.333. The van der Waals surface area contributed by atoms with E-state index in [1.54, 1.807) is 0 Å². The Morgan fingerprint density at radius 1 is 1.10 bits per heavy atom. The third-order valence-corrected chi connectivity index (χ3v) is 5.93. The van der Waals surface area contributed by atoms with Crippen molar-refractivity contribution in [1.82, 2.24) is 15.2 Å². The first kappa shape index (κ1) is 19.4. The fourth-order valence-corrected chi connectivity index (χ4v) is 3.95. The molecule has 29 heavy (non-hydrogen) atoms. The summed E-state index contributed by atoms with van der Waals surface area (Å²) < 4.78 is 0. The first-order chi connectivity index (χ1) is 13.9. The van der Waals surface area contributed by atoms with Gasteiger partial charge in [-0.05, 0) is 43.5 Å². The highest BCUT2D eigenvalue weighted by Crippen LogP contribution is 2.22. The Labute approximate surface area is 170 Å². The first-order valence-corrected chi connectivity index (χ1v) is 10.1. The Balaban J connectivity index is 1.46. The van der Waals surface area contributed by atoms with E-state index in [1.165, 1.54) is 11.1 Å². The summed E-state index contributed by atoms with van der Waals surface area (Å²) in [5.74, 6) is -0.0160. The van der Waals surface area contributed by atoms with E-state index >= 15 is 0 Å². The highest BCUT2D eigenvalue weighted by molar-refractivity contribution is 5.83. The van der Waals surface area contributed by atoms with E-state index in [2.05, 4.69) is 22.1 Å². The molecule has 5 nitrogen and oxygen atoms in total. The number of H-pyrrole nitrogens is 1. The van der Waals surface area contributed by atoms with Crippen LogP contribution in [-0.2, 0) is 24.3 Å². The zero-order valence-electron chi connectivity index (χ0n) is 17.3. The van der Waals surface area contributed by atoms with Gasteiger partial charge in [0.05, 0.1) is 12.1 Å². The van der Waals surface area contributed by atoms with Gasteiger partial charge in [0.15, 0.2) is 5.43 Å². The van der Waals surface area contributed by atoms with E-state index < -0.39 is 0 Å². The van der Waals surface area contributed by atoms with Gasteiger partial charge in [0.25, 0.3) is 0 Å². The molecule has 2 aromatic carbocycles. The predicted octanol–water partition coefficient (Wildman–Crippen LogP) is 3.13. The molecule has 1 aromatic heterocycles. The molecule has 1 aliphatic rings. The number of fused-ring (bicyclic) bond motifs is 2. The van der Waals surface area contributed by atoms with Gasteiger partial charge in [0.1, 0.15) is 0 Å². The van der Waals surface area contributed by atoms with E-state index in [4.69, 9.17) is 0 Å². The number of aromatic amines is 1. The summed E-state index contributed by atoms with van der Waals surface area (Å²) in [5, 5.41) is 3.71. The number of aromatic nitrogens is 1. The summed E-state index contributed by atoms with van der Waals surface area (Å²) in [6.07, 6.45) is 0.749. The molecule has 2 heterocycles. The maximum absolute atomic E-state index is 13.1. The molecule has 4 rings (SSSR count). The molecule has 0 bridgehead atoms. The minimum atomic E-state index is -0.0160. The molecule has 1 aliphatic heterocycles. The molecule has 0 fully saturated rings. The van der Waals surface area contributed by atoms with Crippen molar-refractivity contribution in [2.75, 3.05) is 13.1 Å². The SMILES string of the molecule is Cc1ccc(CNC(=O)CN2CCc3[nH]c4c(C)c(C)ccc4c(=O)c3C2)cc1. The normalized spacial score (nSPS) is 14.0. The molecule has 0 saturated carbocycles. The number of hydrogen-bond acceptors (Lipinski definition) is 3. The second-order valence-electron chi connectivity index (χ2n) is 8.06. The van der Waals surface area contributed by atoms with Gasteiger partial charge in [0, 0.05) is 42.7 Å². The summed E-state index contributed by atoms with van der Waals surface area (Å²) in [4.78, 5) is 31.0. The fourth-order valence-electron chi connectivity index (χ4n) is 3.95. The number of benzene rings is 2. The van der Waals surface area contributed by atoms with Crippen molar-refractivity contribution in [1.29, 1.82) is 0 Å². The van der Waals surface area contributed by atoms with Crippen LogP contribution in [0.1, 0.15) is 33.5 Å². The Bertz CT molecular complexity index is 1130. The van der Waals surface area contributed by atoms with E-state index in [0.717, 1.165) is 46.3 Å². The number of hydrogen-bond donors (Lipinski definition) is 2. The third-order valence-electron chi connectivity index (χ3n) is 5.93. The quantitative estimate of drug-likeness (QED) is 0.721. The average molecular weight is 389 g/mol. The Hall–Kier alpha value is -2.92. The lowest BCUT2D eigenvalue weighted by Crippen LogP contribution is -2.41. The lowest BCUT2D eigenvalue weighted by atomic mass is 9.99. The van der Waals surface area contributed by atoms with Gasteiger partial charge in [-0.2, -0.15) is 0 Å². The lowest BCUT2D eigenvalue weighted by Gasteiger charge is -2.28. The van der Waals surface area contributed by atoms with Crippen LogP contribution in [-0.4, -0.2) is 28.9 Å². The number of amides is 1. The molecule has 0 atom stereocenters. The highest BCUT2D eigenvalue weighted by Gasteiger charge is 2.23. The van der Waals surface area contributed by atoms with Crippen molar-refractivity contribution >= 4 is 16.8 Å². The Kier molecular flexibility index (Phi) is 5.24. The third kappa shape index (κ3) is 3.96. The monoisotopic (exact) mass is 389 g/mol. The van der Waals surface area contributed by atoms with Crippen LogP contribution in [0, 0.1) is 20.8 Å². The van der Waals surface area contributed by atoms with Crippen molar-refractivity contribution in [3.05, 3.63) is 80.1 Å². The maximum atomic E-state index is 13.1. The topological polar surface area (TPSA) is 65.2 Å². The summed E-state index contributed by atoms with van der Waals surface area (Å²) in [6, 6.07) is 12.1. The lowest BCUT2D eigenvalue weighted by molar-refractivity contribution is -0.122. The van der Waals surface area contributed by atoms with Crippen molar-refractivity contribution in [3.63, 3.8) is 0 Å². The molecule has 0 aliphatic carbocycles. The molecule has 1 amide bonds. The Morgan fingerprint density at radius 2 is 1.86 bits per heavy atom. The smallest absolute Gasteiger partial charge is 0.234 e. The minimum absolute atomic E-state index is 0.0160. The number of aryl methyl sites for hydroxylation is 3. The first-order valence-electron chi connectivity index (χ1n) is 10.1. The molecule has 0 saturated heterocycles. The second-order valence-corrected chi connectivity index (χ2v) is 8.06. The number of carbonyl (C=O) groups is 1. The van der Waals surface area contributed by atoms with Gasteiger partial charge in [0.2, 0.25) is 5.91 Å². The average Bonchev–Trinajstić information content (AvgIpc) is 2.71. The van der Waals surface area contributed by atoms with Gasteiger partial charge >= 0.3 is 0 Å². The molecule has 0 radical (unpaired) electrons. The molecule has 0 unspecified atom stereocenters. The van der Waals surface area contributed by atoms with Crippen molar-refractivity contribution < 1.29 is 4.79 Å². The number of nitrogens with one attached hydrogen (secondary N) is 2. The van der Waals surface area contributed by atoms with Crippen LogP contribution in [0.4, 0.5) is 0 Å². The minimum Gasteiger partial charge on any atom is -0.358 e. The molecule has 2 N–H and O–H groups in total. The van der Waals surface area contributed by atoms with E-state index in [9.17, 15) is 9.59 Å². The summed E-state index contributed by atoms with van der Waals surface area (Å²) in [5.41, 5.74) is 7.42. The van der Waals surface area contributed by atoms with Crippen molar-refractivity contribution in [2.45, 2.75) is 40.3 Å². The van der Waals surface area contributed by atoms with Gasteiger partial charge in [-0.15, -0.1) is 0 Å². The molecule has 5 heteroatoms. The maximum Gasteiger partial charge on any atom is 0.234 e. The molecule has 3 aromatic rings. The largest absolute Gasteiger partial charge is 0.358 e. The summed E-state index contributed by atoms with van der Waals surface area (Å²) >= 11 is 0. The van der Waals surface area contributed by atoms with Gasteiger partial charge in [-0.3, -0.25) is 14.5 Å². The molecular weight excluding hydrogens is 362 g/mol. The van der Waals surface area contributed by atoms with Crippen LogP contribution < -0.4 is 10.7 Å². The number of carbonyl (C=O) groups excluding carboxylic acids is 1. The van der Waals surface area contributed by atoms with E-state index in [1.807, 2.05) is 50.2 Å². The van der Waals surface area contributed by atoms with Crippen LogP contribution >= 0.6 is 0 Å². The summed E-state index contributed by atoms with van der Waals surface area (Å²) in [6.45, 7) is 8.24. The molecule has 0 spiro atoms. The van der Waals surface area contributed by atoms with Crippen LogP contribution in [0.15, 0.2) is 41.2 Å². The summed E-state index contributed by atoms with van der Waals surface area (Å²) in [7, 11) is 0. The number of nitrogens with zero attached hydrogens (tertiary/aromatic N) is 1. The van der Waals surface area contributed by atoms with Crippen LogP contribution in [0.2, 0.25) is 0 Å². The van der Waals surface area contributed by atoms with Crippen LogP contribution in [0.25, 0.3) is 10.9 Å². The van der Waals surface area contributed by atoms with Crippen molar-refractivity contribution in [3.8, 4) is 0 Å².